The van der Waals surface area contributed by atoms with Gasteiger partial charge in [-0.15, -0.1) is 0 Å². The molecular formula is C12H23FN2. The Morgan fingerprint density at radius 1 is 1.13 bits per heavy atom. The minimum atomic E-state index is -0.145. The molecule has 0 spiro atoms. The van der Waals surface area contributed by atoms with E-state index in [1.54, 1.807) is 0 Å². The van der Waals surface area contributed by atoms with Gasteiger partial charge in [-0.05, 0) is 58.8 Å². The van der Waals surface area contributed by atoms with E-state index in [9.17, 15) is 4.39 Å². The van der Waals surface area contributed by atoms with E-state index in [1.807, 2.05) is 0 Å². The molecule has 2 heterocycles. The van der Waals surface area contributed by atoms with Gasteiger partial charge in [0.2, 0.25) is 0 Å². The monoisotopic (exact) mass is 214 g/mol. The van der Waals surface area contributed by atoms with Crippen LogP contribution in [0.5, 0.6) is 0 Å². The first-order valence-corrected chi connectivity index (χ1v) is 6.31. The third kappa shape index (κ3) is 2.70. The van der Waals surface area contributed by atoms with Crippen molar-refractivity contribution >= 4 is 0 Å². The summed E-state index contributed by atoms with van der Waals surface area (Å²) in [7, 11) is 2.19. The average Bonchev–Trinajstić information content (AvgIpc) is 2.68. The summed E-state index contributed by atoms with van der Waals surface area (Å²) in [6, 6.07) is 1.28. The lowest BCUT2D eigenvalue weighted by molar-refractivity contribution is 0.103. The van der Waals surface area contributed by atoms with Gasteiger partial charge in [-0.2, -0.15) is 0 Å². The minimum absolute atomic E-state index is 0.145. The molecule has 0 aromatic heterocycles. The fourth-order valence-corrected chi connectivity index (χ4v) is 3.10. The molecule has 0 unspecified atom stereocenters. The number of likely N-dealkylation sites (tertiary alicyclic amines) is 2. The third-order valence-electron chi connectivity index (χ3n) is 4.02. The molecular weight excluding hydrogens is 191 g/mol. The number of nitrogens with zero attached hydrogens (tertiary/aromatic N) is 2. The van der Waals surface area contributed by atoms with E-state index < -0.39 is 0 Å². The van der Waals surface area contributed by atoms with Crippen LogP contribution in [0.4, 0.5) is 4.39 Å². The van der Waals surface area contributed by atoms with Crippen LogP contribution in [0.15, 0.2) is 0 Å². The van der Waals surface area contributed by atoms with Gasteiger partial charge < -0.3 is 4.90 Å². The molecule has 15 heavy (non-hydrogen) atoms. The molecule has 0 aromatic rings. The summed E-state index contributed by atoms with van der Waals surface area (Å²) >= 11 is 0. The van der Waals surface area contributed by atoms with Crippen molar-refractivity contribution in [3.63, 3.8) is 0 Å². The molecule has 0 N–H and O–H groups in total. The van der Waals surface area contributed by atoms with Crippen molar-refractivity contribution in [3.05, 3.63) is 0 Å². The maximum absolute atomic E-state index is 12.4. The van der Waals surface area contributed by atoms with Gasteiger partial charge in [0.05, 0.1) is 6.67 Å². The average molecular weight is 214 g/mol. The Bertz CT molecular complexity index is 190. The lowest BCUT2D eigenvalue weighted by atomic mass is 10.0. The Balaban J connectivity index is 1.86. The van der Waals surface area contributed by atoms with Crippen molar-refractivity contribution in [2.75, 3.05) is 33.4 Å². The molecule has 0 saturated carbocycles. The van der Waals surface area contributed by atoms with E-state index in [0.717, 1.165) is 12.5 Å². The molecule has 0 aromatic carbocycles. The first-order chi connectivity index (χ1) is 7.31. The van der Waals surface area contributed by atoms with Crippen molar-refractivity contribution < 1.29 is 4.39 Å². The smallest absolute Gasteiger partial charge is 0.0909 e. The van der Waals surface area contributed by atoms with Crippen LogP contribution in [0.25, 0.3) is 0 Å². The largest absolute Gasteiger partial charge is 0.306 e. The molecule has 1 atom stereocenters. The normalized spacial score (nSPS) is 31.2. The lowest BCUT2D eigenvalue weighted by Crippen LogP contribution is -2.45. The highest BCUT2D eigenvalue weighted by molar-refractivity contribution is 4.87. The molecule has 2 aliphatic heterocycles. The summed E-state index contributed by atoms with van der Waals surface area (Å²) in [5.41, 5.74) is 0. The third-order valence-corrected chi connectivity index (χ3v) is 4.02. The first kappa shape index (κ1) is 11.3. The van der Waals surface area contributed by atoms with E-state index in [4.69, 9.17) is 0 Å². The molecule has 88 valence electrons. The van der Waals surface area contributed by atoms with Crippen LogP contribution in [0.3, 0.4) is 0 Å². The molecule has 2 nitrogen and oxygen atoms in total. The number of piperidine rings is 1. The Hall–Kier alpha value is -0.150. The van der Waals surface area contributed by atoms with Crippen molar-refractivity contribution in [3.8, 4) is 0 Å². The van der Waals surface area contributed by atoms with Gasteiger partial charge in [0, 0.05) is 12.1 Å². The van der Waals surface area contributed by atoms with E-state index in [2.05, 4.69) is 16.8 Å². The van der Waals surface area contributed by atoms with Crippen LogP contribution in [-0.4, -0.2) is 55.2 Å². The van der Waals surface area contributed by atoms with Crippen molar-refractivity contribution in [2.45, 2.75) is 44.2 Å². The molecule has 3 heteroatoms. The maximum atomic E-state index is 12.4. The molecule has 0 aliphatic carbocycles. The zero-order chi connectivity index (χ0) is 10.7. The molecule has 0 radical (unpaired) electrons. The Kier molecular flexibility index (Phi) is 3.98. The topological polar surface area (TPSA) is 6.48 Å². The van der Waals surface area contributed by atoms with Gasteiger partial charge in [0.1, 0.15) is 0 Å². The van der Waals surface area contributed by atoms with Crippen molar-refractivity contribution in [2.24, 2.45) is 0 Å². The van der Waals surface area contributed by atoms with Gasteiger partial charge in [-0.3, -0.25) is 9.29 Å². The van der Waals surface area contributed by atoms with Crippen LogP contribution >= 0.6 is 0 Å². The second kappa shape index (κ2) is 5.26. The van der Waals surface area contributed by atoms with E-state index >= 15 is 0 Å². The summed E-state index contributed by atoms with van der Waals surface area (Å²) in [4.78, 5) is 4.99. The SMILES string of the molecule is CN1CCC(N2CCC[C@@H]2CCF)CC1. The number of alkyl halides is 1. The van der Waals surface area contributed by atoms with Crippen LogP contribution in [0.2, 0.25) is 0 Å². The van der Waals surface area contributed by atoms with E-state index in [1.165, 1.54) is 45.3 Å². The first-order valence-electron chi connectivity index (χ1n) is 6.31. The van der Waals surface area contributed by atoms with Gasteiger partial charge >= 0.3 is 0 Å². The lowest BCUT2D eigenvalue weighted by Gasteiger charge is -2.38. The zero-order valence-corrected chi connectivity index (χ0v) is 9.79. The van der Waals surface area contributed by atoms with Crippen LogP contribution in [0.1, 0.15) is 32.1 Å². The zero-order valence-electron chi connectivity index (χ0n) is 9.79. The summed E-state index contributed by atoms with van der Waals surface area (Å²) in [5.74, 6) is 0. The van der Waals surface area contributed by atoms with Gasteiger partial charge in [0.15, 0.2) is 0 Å². The fourth-order valence-electron chi connectivity index (χ4n) is 3.10. The standard InChI is InChI=1S/C12H23FN2/c1-14-9-5-12(6-10-14)15-8-2-3-11(15)4-7-13/h11-12H,2-10H2,1H3/t11-/m1/s1. The molecule has 0 bridgehead atoms. The predicted octanol–water partition coefficient (Wildman–Crippen LogP) is 1.90. The Morgan fingerprint density at radius 3 is 2.53 bits per heavy atom. The maximum Gasteiger partial charge on any atom is 0.0909 e. The fraction of sp³-hybridized carbons (Fsp3) is 1.00. The molecule has 2 fully saturated rings. The molecule has 2 saturated heterocycles. The van der Waals surface area contributed by atoms with Gasteiger partial charge in [-0.25, -0.2) is 0 Å². The van der Waals surface area contributed by atoms with Gasteiger partial charge in [-0.1, -0.05) is 0 Å². The number of halogens is 1. The number of rotatable bonds is 3. The molecule has 2 rings (SSSR count). The molecule has 2 aliphatic rings. The summed E-state index contributed by atoms with van der Waals surface area (Å²) in [5, 5.41) is 0. The highest BCUT2D eigenvalue weighted by Gasteiger charge is 2.31. The number of hydrogen-bond donors (Lipinski definition) is 0. The summed E-state index contributed by atoms with van der Waals surface area (Å²) < 4.78 is 12.4. The van der Waals surface area contributed by atoms with Gasteiger partial charge in [0.25, 0.3) is 0 Å². The second-order valence-electron chi connectivity index (χ2n) is 5.05. The highest BCUT2D eigenvalue weighted by atomic mass is 19.1. The predicted molar refractivity (Wildman–Crippen MR) is 60.8 cm³/mol. The second-order valence-corrected chi connectivity index (χ2v) is 5.05. The van der Waals surface area contributed by atoms with Crippen LogP contribution in [-0.2, 0) is 0 Å². The summed E-state index contributed by atoms with van der Waals surface area (Å²) in [6.45, 7) is 3.49. The number of hydrogen-bond acceptors (Lipinski definition) is 2. The van der Waals surface area contributed by atoms with Crippen molar-refractivity contribution in [1.29, 1.82) is 0 Å². The minimum Gasteiger partial charge on any atom is -0.306 e. The Morgan fingerprint density at radius 2 is 1.87 bits per heavy atom. The highest BCUT2D eigenvalue weighted by Crippen LogP contribution is 2.27. The van der Waals surface area contributed by atoms with E-state index in [0.29, 0.717) is 6.04 Å². The molecule has 0 amide bonds. The quantitative estimate of drug-likeness (QED) is 0.708. The van der Waals surface area contributed by atoms with Crippen LogP contribution in [0, 0.1) is 0 Å². The van der Waals surface area contributed by atoms with Crippen LogP contribution < -0.4 is 0 Å². The van der Waals surface area contributed by atoms with Crippen molar-refractivity contribution in [1.82, 2.24) is 9.80 Å². The summed E-state index contributed by atoms with van der Waals surface area (Å²) in [6.07, 6.45) is 5.80. The Labute approximate surface area is 92.4 Å². The van der Waals surface area contributed by atoms with E-state index in [-0.39, 0.29) is 6.67 Å².